The van der Waals surface area contributed by atoms with E-state index in [1.54, 1.807) is 0 Å². The van der Waals surface area contributed by atoms with Crippen LogP contribution in [0.3, 0.4) is 0 Å². The topological polar surface area (TPSA) is 0 Å². The van der Waals surface area contributed by atoms with Gasteiger partial charge in [0.25, 0.3) is 0 Å². The first-order valence-corrected chi connectivity index (χ1v) is 9.37. The predicted octanol–water partition coefficient (Wildman–Crippen LogP) is 3.01. The Bertz CT molecular complexity index is 45.1. The van der Waals surface area contributed by atoms with E-state index in [-0.39, 0.29) is 0 Å². The van der Waals surface area contributed by atoms with E-state index < -0.39 is 20.8 Å². The molecule has 0 aliphatic heterocycles. The van der Waals surface area contributed by atoms with Crippen molar-refractivity contribution in [3.63, 3.8) is 0 Å². The molecule has 11 heavy (non-hydrogen) atoms. The summed E-state index contributed by atoms with van der Waals surface area (Å²) in [6, 6.07) is 0. The molecule has 0 nitrogen and oxygen atoms in total. The monoisotopic (exact) mass is 264 g/mol. The molecule has 0 N–H and O–H groups in total. The molecule has 0 saturated heterocycles. The van der Waals surface area contributed by atoms with Crippen LogP contribution >= 0.6 is 17.0 Å². The Balaban J connectivity index is 0.000000292. The van der Waals surface area contributed by atoms with E-state index in [4.69, 9.17) is 17.0 Å². The van der Waals surface area contributed by atoms with Crippen molar-refractivity contribution in [2.45, 2.75) is 0 Å². The summed E-state index contributed by atoms with van der Waals surface area (Å²) in [6.07, 6.45) is 16.0. The van der Waals surface area contributed by atoms with Crippen molar-refractivity contribution in [1.82, 2.24) is 0 Å². The first-order chi connectivity index (χ1) is 5.41. The fourth-order valence-electron chi connectivity index (χ4n) is 0.513. The summed E-state index contributed by atoms with van der Waals surface area (Å²) < 4.78 is 0. The van der Waals surface area contributed by atoms with Crippen LogP contribution in [0.15, 0.2) is 0 Å². The molecule has 0 unspecified atom stereocenters. The van der Waals surface area contributed by atoms with Crippen LogP contribution in [-0.2, 0) is 20.8 Å². The van der Waals surface area contributed by atoms with Crippen molar-refractivity contribution < 1.29 is 20.8 Å². The van der Waals surface area contributed by atoms with E-state index >= 15 is 0 Å². The molecule has 1 fully saturated rings. The molecule has 0 aromatic rings. The van der Waals surface area contributed by atoms with Crippen molar-refractivity contribution in [3.8, 4) is 0 Å². The molecule has 0 bridgehead atoms. The van der Waals surface area contributed by atoms with Crippen LogP contribution in [0.4, 0.5) is 0 Å². The Labute approximate surface area is 88.7 Å². The third kappa shape index (κ3) is 11.5. The van der Waals surface area contributed by atoms with E-state index in [9.17, 15) is 0 Å². The second-order valence-corrected chi connectivity index (χ2v) is 5.34. The molecule has 58 valence electrons. The van der Waals surface area contributed by atoms with Gasteiger partial charge in [-0.25, -0.2) is 0 Å². The van der Waals surface area contributed by atoms with Crippen molar-refractivity contribution in [2.24, 2.45) is 0 Å². The summed E-state index contributed by atoms with van der Waals surface area (Å²) in [4.78, 5) is 0. The molecule has 0 aromatic carbocycles. The van der Waals surface area contributed by atoms with E-state index in [1.807, 2.05) is 51.4 Å². The van der Waals surface area contributed by atoms with Gasteiger partial charge in [0.2, 0.25) is 0 Å². The summed E-state index contributed by atoms with van der Waals surface area (Å²) in [7, 11) is 9.87. The van der Waals surface area contributed by atoms with Gasteiger partial charge in [0.05, 0.1) is 0 Å². The second kappa shape index (κ2) is 11.5. The van der Waals surface area contributed by atoms with Gasteiger partial charge in [0, 0.05) is 0 Å². The van der Waals surface area contributed by atoms with Gasteiger partial charge in [0.1, 0.15) is 0 Å². The van der Waals surface area contributed by atoms with Gasteiger partial charge in [-0.2, -0.15) is 0 Å². The van der Waals surface area contributed by atoms with Crippen LogP contribution in [0.5, 0.6) is 0 Å². The Kier molecular flexibility index (Phi) is 13.0. The van der Waals surface area contributed by atoms with Crippen molar-refractivity contribution >= 4 is 17.0 Å². The standard InChI is InChI=1S/C8H8.2ClH.Zr/c1-2-4-6-8-7-5-3-1;;;/h1-8H;2*1H;/q;;;+2/p-2. The Hall–Kier alpha value is 1.46. The Morgan fingerprint density at radius 1 is 0.545 bits per heavy atom. The van der Waals surface area contributed by atoms with E-state index in [0.29, 0.717) is 0 Å². The maximum atomic E-state index is 4.93. The quantitative estimate of drug-likeness (QED) is 0.632. The first kappa shape index (κ1) is 12.5. The van der Waals surface area contributed by atoms with Gasteiger partial charge in [-0.1, -0.05) is 0 Å². The number of rotatable bonds is 0. The molecular weight excluding hydrogens is 258 g/mol. The number of hydrogen-bond acceptors (Lipinski definition) is 0. The zero-order chi connectivity index (χ0) is 8.36. The molecule has 0 atom stereocenters. The number of hydrogen-bond donors (Lipinski definition) is 0. The van der Waals surface area contributed by atoms with Gasteiger partial charge in [-0.15, -0.1) is 0 Å². The van der Waals surface area contributed by atoms with Gasteiger partial charge in [-0.05, 0) is 51.4 Å². The third-order valence-electron chi connectivity index (χ3n) is 0.889. The van der Waals surface area contributed by atoms with Crippen molar-refractivity contribution in [3.05, 3.63) is 51.4 Å². The van der Waals surface area contributed by atoms with Crippen LogP contribution in [0.2, 0.25) is 0 Å². The fourth-order valence-corrected chi connectivity index (χ4v) is 0.513. The molecule has 0 heterocycles. The maximum absolute atomic E-state index is 4.93. The molecule has 3 heteroatoms. The van der Waals surface area contributed by atoms with Crippen LogP contribution in [0.25, 0.3) is 0 Å². The third-order valence-corrected chi connectivity index (χ3v) is 0.889. The molecule has 8 radical (unpaired) electrons. The van der Waals surface area contributed by atoms with Gasteiger partial charge in [-0.3, -0.25) is 0 Å². The average molecular weight is 266 g/mol. The van der Waals surface area contributed by atoms with E-state index in [0.717, 1.165) is 0 Å². The molecule has 1 aliphatic rings. The summed E-state index contributed by atoms with van der Waals surface area (Å²) in [5, 5.41) is 0. The zero-order valence-corrected chi connectivity index (χ0v) is 9.84. The van der Waals surface area contributed by atoms with Gasteiger partial charge < -0.3 is 0 Å². The molecule has 1 rings (SSSR count). The minimum absolute atomic E-state index is 0.826. The average Bonchev–Trinajstić information content (AvgIpc) is 1.86. The second-order valence-electron chi connectivity index (χ2n) is 1.61. The summed E-state index contributed by atoms with van der Waals surface area (Å²) in [5.74, 6) is 0. The van der Waals surface area contributed by atoms with E-state index in [1.165, 1.54) is 0 Å². The van der Waals surface area contributed by atoms with Crippen molar-refractivity contribution in [2.75, 3.05) is 0 Å². The molecule has 0 spiro atoms. The predicted molar refractivity (Wildman–Crippen MR) is 46.1 cm³/mol. The van der Waals surface area contributed by atoms with Crippen LogP contribution in [0.1, 0.15) is 0 Å². The normalized spacial score (nSPS) is 18.7. The minimum atomic E-state index is -0.826. The van der Waals surface area contributed by atoms with Crippen molar-refractivity contribution in [1.29, 1.82) is 0 Å². The Morgan fingerprint density at radius 2 is 0.636 bits per heavy atom. The zero-order valence-electron chi connectivity index (χ0n) is 5.87. The van der Waals surface area contributed by atoms with Gasteiger partial charge >= 0.3 is 37.9 Å². The SMILES string of the molecule is [CH]1[CH][CH][CH][CH][CH][CH][CH]1.[Cl][Zr][Cl]. The molecule has 0 aromatic heterocycles. The van der Waals surface area contributed by atoms with Crippen LogP contribution in [-0.4, -0.2) is 0 Å². The number of halogens is 2. The molecular formula is C8H8Cl2Zr. The summed E-state index contributed by atoms with van der Waals surface area (Å²) in [5.41, 5.74) is 0. The first-order valence-electron chi connectivity index (χ1n) is 3.04. The fraction of sp³-hybridized carbons (Fsp3) is 0. The molecule has 0 amide bonds. The summed E-state index contributed by atoms with van der Waals surface area (Å²) in [6.45, 7) is 0. The molecule has 1 aliphatic carbocycles. The van der Waals surface area contributed by atoms with Crippen LogP contribution in [0, 0.1) is 51.4 Å². The summed E-state index contributed by atoms with van der Waals surface area (Å²) >= 11 is -0.826. The van der Waals surface area contributed by atoms with E-state index in [2.05, 4.69) is 0 Å². The van der Waals surface area contributed by atoms with Gasteiger partial charge in [0.15, 0.2) is 0 Å². The Morgan fingerprint density at radius 3 is 0.727 bits per heavy atom. The van der Waals surface area contributed by atoms with Crippen LogP contribution < -0.4 is 0 Å². The molecule has 1 saturated carbocycles.